The summed E-state index contributed by atoms with van der Waals surface area (Å²) < 4.78 is 10.9. The number of ether oxygens (including phenoxy) is 2. The number of esters is 1. The number of methoxy groups -OCH3 is 1. The monoisotopic (exact) mass is 384 g/mol. The molecule has 0 unspecified atom stereocenters. The molecule has 0 spiro atoms. The third-order valence-corrected chi connectivity index (χ3v) is 5.22. The highest BCUT2D eigenvalue weighted by atomic mass is 16.5. The van der Waals surface area contributed by atoms with Crippen molar-refractivity contribution in [2.45, 2.75) is 45.1 Å². The fourth-order valence-electron chi connectivity index (χ4n) is 3.38. The van der Waals surface area contributed by atoms with Crippen LogP contribution in [-0.2, 0) is 9.53 Å². The molecule has 0 radical (unpaired) electrons. The molecule has 1 aliphatic heterocycles. The summed E-state index contributed by atoms with van der Waals surface area (Å²) in [6.07, 6.45) is 2.49. The molecule has 148 valence electrons. The number of aromatic amines is 1. The third kappa shape index (κ3) is 3.85. The summed E-state index contributed by atoms with van der Waals surface area (Å²) in [7, 11) is 1.69. The van der Waals surface area contributed by atoms with Gasteiger partial charge in [-0.05, 0) is 32.3 Å². The molecule has 28 heavy (non-hydrogen) atoms. The molecular formula is C20H24N4O4. The van der Waals surface area contributed by atoms with Crippen LogP contribution in [-0.4, -0.2) is 41.7 Å². The van der Waals surface area contributed by atoms with Gasteiger partial charge in [-0.25, -0.2) is 4.98 Å². The molecule has 8 nitrogen and oxygen atoms in total. The smallest absolute Gasteiger partial charge is 0.312 e. The van der Waals surface area contributed by atoms with Gasteiger partial charge in [0, 0.05) is 32.7 Å². The van der Waals surface area contributed by atoms with Crippen molar-refractivity contribution in [3.05, 3.63) is 28.0 Å². The standard InChI is InChI=1S/C20H24N4O4/c1-4-5-16(25)28-15-7-6-14-17(23-15)18(13(12-21)19(26)22-14)24-10-8-20(2,27-3)9-11-24/h6-7H,4-5,8-11H2,1-3H3,(H,22,26). The number of nitriles is 1. The third-order valence-electron chi connectivity index (χ3n) is 5.22. The average molecular weight is 384 g/mol. The Balaban J connectivity index is 2.07. The number of carbonyl (C=O) groups excluding carboxylic acids is 1. The van der Waals surface area contributed by atoms with Gasteiger partial charge in [-0.3, -0.25) is 9.59 Å². The molecule has 0 bridgehead atoms. The van der Waals surface area contributed by atoms with E-state index in [2.05, 4.69) is 16.9 Å². The number of anilines is 1. The van der Waals surface area contributed by atoms with E-state index in [0.29, 0.717) is 42.7 Å². The number of rotatable bonds is 5. The SMILES string of the molecule is CCCC(=O)Oc1ccc2[nH]c(=O)c(C#N)c(N3CCC(C)(OC)CC3)c2n1. The highest BCUT2D eigenvalue weighted by Gasteiger charge is 2.32. The van der Waals surface area contributed by atoms with Crippen molar-refractivity contribution in [3.8, 4) is 11.9 Å². The molecule has 0 atom stereocenters. The Morgan fingerprint density at radius 3 is 2.71 bits per heavy atom. The predicted octanol–water partition coefficient (Wildman–Crippen LogP) is 2.51. The minimum Gasteiger partial charge on any atom is -0.407 e. The van der Waals surface area contributed by atoms with Gasteiger partial charge in [-0.1, -0.05) is 6.92 Å². The van der Waals surface area contributed by atoms with Crippen LogP contribution in [0.3, 0.4) is 0 Å². The second-order valence-corrected chi connectivity index (χ2v) is 7.20. The van der Waals surface area contributed by atoms with Gasteiger partial charge in [0.2, 0.25) is 5.88 Å². The summed E-state index contributed by atoms with van der Waals surface area (Å²) in [5.74, 6) is -0.212. The van der Waals surface area contributed by atoms with E-state index in [1.54, 1.807) is 19.2 Å². The van der Waals surface area contributed by atoms with Gasteiger partial charge < -0.3 is 19.4 Å². The molecule has 8 heteroatoms. The maximum atomic E-state index is 12.4. The zero-order chi connectivity index (χ0) is 20.3. The second kappa shape index (κ2) is 7.98. The van der Waals surface area contributed by atoms with Gasteiger partial charge in [0.1, 0.15) is 17.1 Å². The summed E-state index contributed by atoms with van der Waals surface area (Å²) in [6, 6.07) is 5.19. The van der Waals surface area contributed by atoms with Crippen LogP contribution in [0.4, 0.5) is 5.69 Å². The molecule has 0 saturated carbocycles. The Morgan fingerprint density at radius 2 is 2.11 bits per heavy atom. The first-order valence-corrected chi connectivity index (χ1v) is 9.38. The largest absolute Gasteiger partial charge is 0.407 e. The number of pyridine rings is 2. The number of hydrogen-bond donors (Lipinski definition) is 1. The normalized spacial score (nSPS) is 16.0. The van der Waals surface area contributed by atoms with E-state index in [0.717, 1.165) is 12.8 Å². The molecule has 0 aliphatic carbocycles. The Kier molecular flexibility index (Phi) is 5.66. The highest BCUT2D eigenvalue weighted by Crippen LogP contribution is 2.33. The summed E-state index contributed by atoms with van der Waals surface area (Å²) in [5, 5.41) is 9.59. The Bertz CT molecular complexity index is 984. The molecule has 3 heterocycles. The first-order valence-electron chi connectivity index (χ1n) is 9.38. The second-order valence-electron chi connectivity index (χ2n) is 7.20. The Morgan fingerprint density at radius 1 is 1.39 bits per heavy atom. The lowest BCUT2D eigenvalue weighted by Gasteiger charge is -2.39. The molecule has 2 aromatic heterocycles. The first kappa shape index (κ1) is 19.8. The van der Waals surface area contributed by atoms with Gasteiger partial charge in [0.05, 0.1) is 16.8 Å². The number of fused-ring (bicyclic) bond motifs is 1. The molecular weight excluding hydrogens is 360 g/mol. The molecule has 1 saturated heterocycles. The van der Waals surface area contributed by atoms with Crippen LogP contribution in [0.5, 0.6) is 5.88 Å². The van der Waals surface area contributed by atoms with Crippen LogP contribution in [0, 0.1) is 11.3 Å². The van der Waals surface area contributed by atoms with Crippen LogP contribution in [0.1, 0.15) is 45.1 Å². The average Bonchev–Trinajstić information content (AvgIpc) is 2.68. The van der Waals surface area contributed by atoms with E-state index < -0.39 is 5.56 Å². The van der Waals surface area contributed by atoms with E-state index in [4.69, 9.17) is 9.47 Å². The molecule has 1 fully saturated rings. The Hall–Kier alpha value is -2.92. The molecule has 1 aliphatic rings. The lowest BCUT2D eigenvalue weighted by molar-refractivity contribution is -0.134. The van der Waals surface area contributed by atoms with Gasteiger partial charge in [-0.15, -0.1) is 0 Å². The van der Waals surface area contributed by atoms with E-state index in [9.17, 15) is 14.9 Å². The number of nitrogens with zero attached hydrogens (tertiary/aromatic N) is 3. The van der Waals surface area contributed by atoms with E-state index in [-0.39, 0.29) is 23.0 Å². The number of carbonyl (C=O) groups is 1. The molecule has 0 amide bonds. The summed E-state index contributed by atoms with van der Waals surface area (Å²) in [5.41, 5.74) is 0.746. The van der Waals surface area contributed by atoms with E-state index in [1.165, 1.54) is 0 Å². The summed E-state index contributed by atoms with van der Waals surface area (Å²) >= 11 is 0. The predicted molar refractivity (Wildman–Crippen MR) is 104 cm³/mol. The molecule has 3 rings (SSSR count). The van der Waals surface area contributed by atoms with Crippen LogP contribution in [0.15, 0.2) is 16.9 Å². The lowest BCUT2D eigenvalue weighted by Crippen LogP contribution is -2.44. The highest BCUT2D eigenvalue weighted by molar-refractivity contribution is 5.91. The van der Waals surface area contributed by atoms with E-state index in [1.807, 2.05) is 17.9 Å². The number of H-pyrrole nitrogens is 1. The zero-order valence-corrected chi connectivity index (χ0v) is 16.4. The first-order chi connectivity index (χ1) is 13.4. The molecule has 1 N–H and O–H groups in total. The minimum atomic E-state index is -0.456. The van der Waals surface area contributed by atoms with Gasteiger partial charge in [0.25, 0.3) is 5.56 Å². The van der Waals surface area contributed by atoms with Crippen molar-refractivity contribution in [1.82, 2.24) is 9.97 Å². The number of aromatic nitrogens is 2. The maximum Gasteiger partial charge on any atom is 0.312 e. The van der Waals surface area contributed by atoms with Crippen molar-refractivity contribution in [2.24, 2.45) is 0 Å². The Labute approximate surface area is 163 Å². The van der Waals surface area contributed by atoms with Crippen molar-refractivity contribution in [1.29, 1.82) is 5.26 Å². The van der Waals surface area contributed by atoms with Crippen molar-refractivity contribution < 1.29 is 14.3 Å². The summed E-state index contributed by atoms with van der Waals surface area (Å²) in [4.78, 5) is 33.4. The number of piperidine rings is 1. The molecule has 2 aromatic rings. The topological polar surface area (TPSA) is 108 Å². The quantitative estimate of drug-likeness (QED) is 0.789. The van der Waals surface area contributed by atoms with Crippen LogP contribution >= 0.6 is 0 Å². The lowest BCUT2D eigenvalue weighted by atomic mass is 9.92. The molecule has 0 aromatic carbocycles. The van der Waals surface area contributed by atoms with Crippen LogP contribution < -0.4 is 15.2 Å². The fraction of sp³-hybridized carbons (Fsp3) is 0.500. The van der Waals surface area contributed by atoms with Crippen LogP contribution in [0.25, 0.3) is 11.0 Å². The fourth-order valence-corrected chi connectivity index (χ4v) is 3.38. The van der Waals surface area contributed by atoms with Gasteiger partial charge in [0.15, 0.2) is 0 Å². The van der Waals surface area contributed by atoms with Gasteiger partial charge >= 0.3 is 5.97 Å². The zero-order valence-electron chi connectivity index (χ0n) is 16.4. The summed E-state index contributed by atoms with van der Waals surface area (Å²) in [6.45, 7) is 5.19. The number of hydrogen-bond acceptors (Lipinski definition) is 7. The van der Waals surface area contributed by atoms with Gasteiger partial charge in [-0.2, -0.15) is 5.26 Å². The van der Waals surface area contributed by atoms with Crippen molar-refractivity contribution in [3.63, 3.8) is 0 Å². The van der Waals surface area contributed by atoms with Crippen molar-refractivity contribution in [2.75, 3.05) is 25.1 Å². The van der Waals surface area contributed by atoms with Crippen molar-refractivity contribution >= 4 is 22.7 Å². The van der Waals surface area contributed by atoms with E-state index >= 15 is 0 Å². The number of nitrogens with one attached hydrogen (secondary N) is 1. The maximum absolute atomic E-state index is 12.4. The minimum absolute atomic E-state index is 0.0121. The van der Waals surface area contributed by atoms with Crippen LogP contribution in [0.2, 0.25) is 0 Å².